The van der Waals surface area contributed by atoms with Crippen LogP contribution in [0.3, 0.4) is 0 Å². The minimum absolute atomic E-state index is 0.150. The van der Waals surface area contributed by atoms with Gasteiger partial charge in [0, 0.05) is 28.4 Å². The molecule has 3 N–H and O–H groups in total. The SMILES string of the molecule is CCO[C@H](/C=C/C(=O)O)[C@H](OC(=O)Nc1ccc(C#N)cc1)c1cc(Br)ccc1O. The third-order valence-corrected chi connectivity index (χ3v) is 4.37. The number of phenols is 1. The molecule has 30 heavy (non-hydrogen) atoms. The van der Waals surface area contributed by atoms with E-state index in [1.807, 2.05) is 6.07 Å². The lowest BCUT2D eigenvalue weighted by molar-refractivity contribution is -0.131. The fourth-order valence-electron chi connectivity index (χ4n) is 2.56. The number of carboxylic acid groups (broad SMARTS) is 1. The van der Waals surface area contributed by atoms with E-state index in [4.69, 9.17) is 19.8 Å². The summed E-state index contributed by atoms with van der Waals surface area (Å²) in [6, 6.07) is 12.7. The lowest BCUT2D eigenvalue weighted by Gasteiger charge is -2.26. The maximum Gasteiger partial charge on any atom is 0.412 e. The van der Waals surface area contributed by atoms with Crippen molar-refractivity contribution in [2.75, 3.05) is 11.9 Å². The Hall–Kier alpha value is -3.35. The van der Waals surface area contributed by atoms with Crippen molar-refractivity contribution in [2.24, 2.45) is 0 Å². The topological polar surface area (TPSA) is 129 Å². The second kappa shape index (κ2) is 11.0. The zero-order valence-electron chi connectivity index (χ0n) is 15.9. The van der Waals surface area contributed by atoms with E-state index in [-0.39, 0.29) is 17.9 Å². The predicted molar refractivity (Wildman–Crippen MR) is 112 cm³/mol. The first kappa shape index (κ1) is 22.9. The van der Waals surface area contributed by atoms with Crippen LogP contribution in [0.5, 0.6) is 5.75 Å². The molecule has 1 amide bonds. The Balaban J connectivity index is 2.33. The van der Waals surface area contributed by atoms with Gasteiger partial charge in [0.25, 0.3) is 0 Å². The summed E-state index contributed by atoms with van der Waals surface area (Å²) in [6.45, 7) is 1.91. The number of hydrogen-bond acceptors (Lipinski definition) is 6. The first-order valence-electron chi connectivity index (χ1n) is 8.83. The van der Waals surface area contributed by atoms with Crippen molar-refractivity contribution in [3.63, 3.8) is 0 Å². The van der Waals surface area contributed by atoms with Gasteiger partial charge in [-0.15, -0.1) is 0 Å². The van der Waals surface area contributed by atoms with Crippen LogP contribution in [0.4, 0.5) is 10.5 Å². The molecule has 0 bridgehead atoms. The molecule has 8 nitrogen and oxygen atoms in total. The van der Waals surface area contributed by atoms with Crippen molar-refractivity contribution in [3.05, 3.63) is 70.2 Å². The standard InChI is InChI=1S/C21H19BrN2O6/c1-2-29-18(9-10-19(26)27)20(16-11-14(22)5-8-17(16)25)30-21(28)24-15-6-3-13(12-23)4-7-15/h3-11,18,20,25H,2H2,1H3,(H,24,28)(H,26,27)/b10-9+/t18-,20-/m1/s1. The molecule has 2 rings (SSSR count). The number of ether oxygens (including phenoxy) is 2. The number of amides is 1. The van der Waals surface area contributed by atoms with Crippen LogP contribution >= 0.6 is 15.9 Å². The fourth-order valence-corrected chi connectivity index (χ4v) is 2.94. The molecule has 2 aromatic carbocycles. The average Bonchev–Trinajstić information content (AvgIpc) is 2.72. The largest absolute Gasteiger partial charge is 0.508 e. The summed E-state index contributed by atoms with van der Waals surface area (Å²) in [5.41, 5.74) is 1.05. The summed E-state index contributed by atoms with van der Waals surface area (Å²) in [6.07, 6.45) is -0.845. The Morgan fingerprint density at radius 2 is 1.97 bits per heavy atom. The third kappa shape index (κ3) is 6.62. The summed E-state index contributed by atoms with van der Waals surface area (Å²) in [4.78, 5) is 23.5. The Bertz CT molecular complexity index is 968. The molecule has 2 atom stereocenters. The first-order valence-corrected chi connectivity index (χ1v) is 9.62. The molecule has 9 heteroatoms. The van der Waals surface area contributed by atoms with E-state index in [0.717, 1.165) is 6.08 Å². The van der Waals surface area contributed by atoms with E-state index in [1.165, 1.54) is 36.4 Å². The molecular weight excluding hydrogens is 456 g/mol. The number of anilines is 1. The summed E-state index contributed by atoms with van der Waals surface area (Å²) in [5.74, 6) is -1.35. The number of halogens is 1. The number of benzene rings is 2. The molecule has 0 aliphatic heterocycles. The maximum absolute atomic E-state index is 12.5. The number of carbonyl (C=O) groups excluding carboxylic acids is 1. The van der Waals surface area contributed by atoms with Crippen molar-refractivity contribution in [3.8, 4) is 11.8 Å². The van der Waals surface area contributed by atoms with Gasteiger partial charge in [-0.25, -0.2) is 9.59 Å². The van der Waals surface area contributed by atoms with E-state index in [1.54, 1.807) is 19.1 Å². The molecule has 0 saturated heterocycles. The van der Waals surface area contributed by atoms with Crippen molar-refractivity contribution in [2.45, 2.75) is 19.1 Å². The van der Waals surface area contributed by atoms with Gasteiger partial charge in [-0.2, -0.15) is 5.26 Å². The van der Waals surface area contributed by atoms with E-state index in [2.05, 4.69) is 21.2 Å². The van der Waals surface area contributed by atoms with E-state index in [9.17, 15) is 14.7 Å². The molecule has 0 fully saturated rings. The van der Waals surface area contributed by atoms with Crippen molar-refractivity contribution >= 4 is 33.7 Å². The highest BCUT2D eigenvalue weighted by Crippen LogP contribution is 2.34. The minimum atomic E-state index is -1.20. The van der Waals surface area contributed by atoms with Crippen LogP contribution in [0.15, 0.2) is 59.1 Å². The molecule has 0 aliphatic rings. The highest BCUT2D eigenvalue weighted by molar-refractivity contribution is 9.10. The number of carboxylic acids is 1. The monoisotopic (exact) mass is 474 g/mol. The number of aliphatic carboxylic acids is 1. The quantitative estimate of drug-likeness (QED) is 0.484. The van der Waals surface area contributed by atoms with Crippen molar-refractivity contribution in [1.29, 1.82) is 5.26 Å². The minimum Gasteiger partial charge on any atom is -0.508 e. The van der Waals surface area contributed by atoms with E-state index in [0.29, 0.717) is 15.7 Å². The number of nitriles is 1. The Labute approximate surface area is 181 Å². The number of phenolic OH excluding ortho intramolecular Hbond substituents is 1. The van der Waals surface area contributed by atoms with Crippen molar-refractivity contribution < 1.29 is 29.3 Å². The van der Waals surface area contributed by atoms with E-state index < -0.39 is 24.3 Å². The van der Waals surface area contributed by atoms with Crippen molar-refractivity contribution in [1.82, 2.24) is 0 Å². The number of hydrogen-bond donors (Lipinski definition) is 3. The van der Waals surface area contributed by atoms with Gasteiger partial charge in [0.2, 0.25) is 0 Å². The zero-order chi connectivity index (χ0) is 22.1. The van der Waals surface area contributed by atoms with Crippen LogP contribution in [0, 0.1) is 11.3 Å². The van der Waals surface area contributed by atoms with Gasteiger partial charge in [-0.05, 0) is 55.5 Å². The molecule has 2 aromatic rings. The molecule has 0 radical (unpaired) electrons. The molecule has 156 valence electrons. The Morgan fingerprint density at radius 3 is 2.57 bits per heavy atom. The van der Waals surface area contributed by atoms with Crippen LogP contribution in [0.25, 0.3) is 0 Å². The lowest BCUT2D eigenvalue weighted by atomic mass is 10.0. The van der Waals surface area contributed by atoms with Gasteiger partial charge in [-0.3, -0.25) is 5.32 Å². The number of aromatic hydroxyl groups is 1. The first-order chi connectivity index (χ1) is 14.3. The molecular formula is C21H19BrN2O6. The van der Waals surface area contributed by atoms with Crippen LogP contribution in [-0.2, 0) is 14.3 Å². The second-order valence-electron chi connectivity index (χ2n) is 5.96. The smallest absolute Gasteiger partial charge is 0.412 e. The molecule has 0 spiro atoms. The van der Waals surface area contributed by atoms with Gasteiger partial charge in [0.05, 0.1) is 11.6 Å². The molecule has 0 aliphatic carbocycles. The molecule has 0 unspecified atom stereocenters. The van der Waals surface area contributed by atoms with Gasteiger partial charge in [-0.1, -0.05) is 15.9 Å². The zero-order valence-corrected chi connectivity index (χ0v) is 17.5. The second-order valence-corrected chi connectivity index (χ2v) is 6.88. The van der Waals surface area contributed by atoms with Gasteiger partial charge < -0.3 is 19.7 Å². The van der Waals surface area contributed by atoms with Gasteiger partial charge in [0.15, 0.2) is 6.10 Å². The predicted octanol–water partition coefficient (Wildman–Crippen LogP) is 4.36. The number of carbonyl (C=O) groups is 2. The molecule has 0 saturated carbocycles. The van der Waals surface area contributed by atoms with Crippen LogP contribution in [0.2, 0.25) is 0 Å². The third-order valence-electron chi connectivity index (χ3n) is 3.88. The Kier molecular flexibility index (Phi) is 8.41. The number of rotatable bonds is 8. The van der Waals surface area contributed by atoms with Gasteiger partial charge >= 0.3 is 12.1 Å². The van der Waals surface area contributed by atoms with Crippen LogP contribution in [0.1, 0.15) is 24.2 Å². The van der Waals surface area contributed by atoms with Gasteiger partial charge in [0.1, 0.15) is 11.9 Å². The van der Waals surface area contributed by atoms with Crippen LogP contribution < -0.4 is 5.32 Å². The summed E-state index contributed by atoms with van der Waals surface area (Å²) < 4.78 is 11.7. The number of nitrogens with one attached hydrogen (secondary N) is 1. The summed E-state index contributed by atoms with van der Waals surface area (Å²) in [7, 11) is 0. The fraction of sp³-hybridized carbons (Fsp3) is 0.190. The molecule has 0 aromatic heterocycles. The maximum atomic E-state index is 12.5. The average molecular weight is 475 g/mol. The molecule has 0 heterocycles. The van der Waals surface area contributed by atoms with Crippen LogP contribution in [-0.4, -0.2) is 35.0 Å². The lowest BCUT2D eigenvalue weighted by Crippen LogP contribution is -2.28. The van der Waals surface area contributed by atoms with E-state index >= 15 is 0 Å². The summed E-state index contributed by atoms with van der Waals surface area (Å²) in [5, 5.41) is 30.6. The normalized spacial score (nSPS) is 12.7. The highest BCUT2D eigenvalue weighted by atomic mass is 79.9. The summed E-state index contributed by atoms with van der Waals surface area (Å²) >= 11 is 3.30. The highest BCUT2D eigenvalue weighted by Gasteiger charge is 2.29. The Morgan fingerprint density at radius 1 is 1.27 bits per heavy atom. The number of nitrogens with zero attached hydrogens (tertiary/aromatic N) is 1.